The molecule has 0 spiro atoms. The molecule has 138 valence electrons. The third-order valence-corrected chi connectivity index (χ3v) is 4.05. The summed E-state index contributed by atoms with van der Waals surface area (Å²) in [5.74, 6) is -0.215. The van der Waals surface area contributed by atoms with Crippen molar-refractivity contribution in [3.8, 4) is 11.5 Å². The molecule has 0 radical (unpaired) electrons. The van der Waals surface area contributed by atoms with Crippen molar-refractivity contribution in [2.45, 2.75) is 13.8 Å². The summed E-state index contributed by atoms with van der Waals surface area (Å²) in [5, 5.41) is 22.5. The van der Waals surface area contributed by atoms with E-state index in [4.69, 9.17) is 0 Å². The highest BCUT2D eigenvalue weighted by Gasteiger charge is 2.09. The summed E-state index contributed by atoms with van der Waals surface area (Å²) in [6, 6.07) is 11.9. The van der Waals surface area contributed by atoms with Gasteiger partial charge in [-0.25, -0.2) is 0 Å². The number of phenolic OH excluding ortho intramolecular Hbond substituents is 2. The minimum Gasteiger partial charge on any atom is -0.507 e. The van der Waals surface area contributed by atoms with Gasteiger partial charge in [0.25, 0.3) is 5.91 Å². The van der Waals surface area contributed by atoms with E-state index in [1.54, 1.807) is 30.5 Å². The van der Waals surface area contributed by atoms with E-state index in [-0.39, 0.29) is 23.0 Å². The van der Waals surface area contributed by atoms with Crippen LogP contribution >= 0.6 is 0 Å². The molecule has 0 fully saturated rings. The van der Waals surface area contributed by atoms with E-state index < -0.39 is 0 Å². The molecule has 0 unspecified atom stereocenters. The number of para-hydroxylation sites is 1. The van der Waals surface area contributed by atoms with E-state index in [0.717, 1.165) is 18.8 Å². The molecule has 6 nitrogen and oxygen atoms in total. The molecule has 2 aromatic carbocycles. The summed E-state index contributed by atoms with van der Waals surface area (Å²) in [6.07, 6.45) is 1.59. The number of carbonyl (C=O) groups excluding carboxylic acids is 1. The summed E-state index contributed by atoms with van der Waals surface area (Å²) in [6.45, 7) is 6.59. The summed E-state index contributed by atoms with van der Waals surface area (Å²) in [4.78, 5) is 18.3. The Morgan fingerprint density at radius 3 is 2.50 bits per heavy atom. The number of benzene rings is 2. The Morgan fingerprint density at radius 2 is 1.85 bits per heavy atom. The normalized spacial score (nSPS) is 10.8. The molecule has 0 aromatic heterocycles. The second kappa shape index (κ2) is 9.46. The monoisotopic (exact) mass is 355 g/mol. The number of nitrogens with zero attached hydrogens (tertiary/aromatic N) is 2. The first-order chi connectivity index (χ1) is 12.6. The van der Waals surface area contributed by atoms with Crippen molar-refractivity contribution in [1.82, 2.24) is 5.32 Å². The molecule has 0 bridgehead atoms. The Kier molecular flexibility index (Phi) is 7.02. The lowest BCUT2D eigenvalue weighted by molar-refractivity contribution is 0.0952. The minimum absolute atomic E-state index is 0.0493. The van der Waals surface area contributed by atoms with Gasteiger partial charge in [0.2, 0.25) is 0 Å². The second-order valence-corrected chi connectivity index (χ2v) is 5.72. The van der Waals surface area contributed by atoms with Crippen LogP contribution in [0.15, 0.2) is 47.5 Å². The number of aromatic hydroxyl groups is 2. The standard InChI is InChI=1S/C20H25N3O3/c1-3-23(4-2)16-10-9-15(19(25)13-16)14-21-11-12-22-20(26)17-7-5-6-8-18(17)24/h5-10,13-14,24-25H,3-4,11-12H2,1-2H3,(H,22,26). The SMILES string of the molecule is CCN(CC)c1ccc(C=NCCNC(=O)c2ccccc2O)c(O)c1. The quantitative estimate of drug-likeness (QED) is 0.502. The number of hydrogen-bond acceptors (Lipinski definition) is 5. The average Bonchev–Trinajstić information content (AvgIpc) is 2.64. The third kappa shape index (κ3) is 4.99. The lowest BCUT2D eigenvalue weighted by Crippen LogP contribution is -2.26. The highest BCUT2D eigenvalue weighted by molar-refractivity contribution is 5.96. The Labute approximate surface area is 153 Å². The fourth-order valence-electron chi connectivity index (χ4n) is 2.58. The zero-order chi connectivity index (χ0) is 18.9. The largest absolute Gasteiger partial charge is 0.507 e. The summed E-state index contributed by atoms with van der Waals surface area (Å²) >= 11 is 0. The van der Waals surface area contributed by atoms with Gasteiger partial charge in [0.15, 0.2) is 0 Å². The van der Waals surface area contributed by atoms with Crippen molar-refractivity contribution in [2.75, 3.05) is 31.1 Å². The van der Waals surface area contributed by atoms with Crippen LogP contribution in [0.1, 0.15) is 29.8 Å². The molecule has 0 saturated carbocycles. The highest BCUT2D eigenvalue weighted by atomic mass is 16.3. The van der Waals surface area contributed by atoms with Gasteiger partial charge in [-0.1, -0.05) is 12.1 Å². The maximum Gasteiger partial charge on any atom is 0.255 e. The van der Waals surface area contributed by atoms with Crippen LogP contribution in [0, 0.1) is 0 Å². The maximum absolute atomic E-state index is 11.9. The first-order valence-electron chi connectivity index (χ1n) is 8.70. The Balaban J connectivity index is 1.87. The second-order valence-electron chi connectivity index (χ2n) is 5.72. The Hall–Kier alpha value is -3.02. The molecule has 0 aliphatic carbocycles. The van der Waals surface area contributed by atoms with Gasteiger partial charge in [-0.3, -0.25) is 9.79 Å². The van der Waals surface area contributed by atoms with E-state index in [1.807, 2.05) is 12.1 Å². The molecule has 6 heteroatoms. The molecule has 0 heterocycles. The number of hydrogen-bond donors (Lipinski definition) is 3. The van der Waals surface area contributed by atoms with Gasteiger partial charge >= 0.3 is 0 Å². The molecule has 3 N–H and O–H groups in total. The molecule has 2 aromatic rings. The predicted octanol–water partition coefficient (Wildman–Crippen LogP) is 2.79. The van der Waals surface area contributed by atoms with Crippen molar-refractivity contribution in [3.63, 3.8) is 0 Å². The first kappa shape index (κ1) is 19.3. The van der Waals surface area contributed by atoms with Gasteiger partial charge < -0.3 is 20.4 Å². The van der Waals surface area contributed by atoms with Crippen molar-refractivity contribution < 1.29 is 15.0 Å². The molecular formula is C20H25N3O3. The number of anilines is 1. The van der Waals surface area contributed by atoms with Crippen molar-refractivity contribution >= 4 is 17.8 Å². The smallest absolute Gasteiger partial charge is 0.255 e. The van der Waals surface area contributed by atoms with Gasteiger partial charge in [-0.15, -0.1) is 0 Å². The Bertz CT molecular complexity index is 771. The molecule has 0 aliphatic rings. The molecular weight excluding hydrogens is 330 g/mol. The van der Waals surface area contributed by atoms with Crippen LogP contribution in [0.2, 0.25) is 0 Å². The van der Waals surface area contributed by atoms with Gasteiger partial charge in [0.05, 0.1) is 12.1 Å². The van der Waals surface area contributed by atoms with Crippen molar-refractivity contribution in [1.29, 1.82) is 0 Å². The average molecular weight is 355 g/mol. The van der Waals surface area contributed by atoms with E-state index >= 15 is 0 Å². The number of nitrogens with one attached hydrogen (secondary N) is 1. The fourth-order valence-corrected chi connectivity index (χ4v) is 2.58. The van der Waals surface area contributed by atoms with Gasteiger partial charge in [0.1, 0.15) is 11.5 Å². The van der Waals surface area contributed by atoms with Gasteiger partial charge in [-0.2, -0.15) is 0 Å². The number of rotatable bonds is 8. The summed E-state index contributed by atoms with van der Waals surface area (Å²) in [7, 11) is 0. The maximum atomic E-state index is 11.9. The number of carbonyl (C=O) groups is 1. The summed E-state index contributed by atoms with van der Waals surface area (Å²) < 4.78 is 0. The topological polar surface area (TPSA) is 85.2 Å². The highest BCUT2D eigenvalue weighted by Crippen LogP contribution is 2.23. The van der Waals surface area contributed by atoms with Crippen LogP contribution in [0.25, 0.3) is 0 Å². The molecule has 0 aliphatic heterocycles. The summed E-state index contributed by atoms with van der Waals surface area (Å²) in [5.41, 5.74) is 1.84. The van der Waals surface area contributed by atoms with E-state index in [9.17, 15) is 15.0 Å². The molecule has 1 amide bonds. The van der Waals surface area contributed by atoms with Gasteiger partial charge in [-0.05, 0) is 38.1 Å². The van der Waals surface area contributed by atoms with Crippen molar-refractivity contribution in [3.05, 3.63) is 53.6 Å². The number of phenols is 2. The third-order valence-electron chi connectivity index (χ3n) is 4.05. The zero-order valence-electron chi connectivity index (χ0n) is 15.1. The van der Waals surface area contributed by atoms with Crippen LogP contribution in [0.4, 0.5) is 5.69 Å². The lowest BCUT2D eigenvalue weighted by atomic mass is 10.2. The zero-order valence-corrected chi connectivity index (χ0v) is 15.1. The van der Waals surface area contributed by atoms with E-state index in [2.05, 4.69) is 29.1 Å². The van der Waals surface area contributed by atoms with Crippen LogP contribution < -0.4 is 10.2 Å². The molecule has 26 heavy (non-hydrogen) atoms. The molecule has 0 saturated heterocycles. The number of aliphatic imine (C=N–C) groups is 1. The Morgan fingerprint density at radius 1 is 1.12 bits per heavy atom. The molecule has 0 atom stereocenters. The van der Waals surface area contributed by atoms with Crippen LogP contribution in [-0.4, -0.2) is 48.5 Å². The van der Waals surface area contributed by atoms with E-state index in [0.29, 0.717) is 18.7 Å². The minimum atomic E-state index is -0.343. The van der Waals surface area contributed by atoms with Crippen molar-refractivity contribution in [2.24, 2.45) is 4.99 Å². The number of amides is 1. The fraction of sp³-hybridized carbons (Fsp3) is 0.300. The first-order valence-corrected chi connectivity index (χ1v) is 8.70. The van der Waals surface area contributed by atoms with Crippen LogP contribution in [-0.2, 0) is 0 Å². The van der Waals surface area contributed by atoms with Crippen LogP contribution in [0.3, 0.4) is 0 Å². The molecule has 2 rings (SSSR count). The van der Waals surface area contributed by atoms with Crippen LogP contribution in [0.5, 0.6) is 11.5 Å². The van der Waals surface area contributed by atoms with Gasteiger partial charge in [0, 0.05) is 43.2 Å². The predicted molar refractivity (Wildman–Crippen MR) is 105 cm³/mol. The lowest BCUT2D eigenvalue weighted by Gasteiger charge is -2.21. The van der Waals surface area contributed by atoms with E-state index in [1.165, 1.54) is 6.07 Å².